The summed E-state index contributed by atoms with van der Waals surface area (Å²) in [5.74, 6) is 2.35. The number of anilines is 4. The number of H-pyrrole nitrogens is 1. The molecule has 1 aromatic carbocycles. The van der Waals surface area contributed by atoms with Crippen LogP contribution in [0.2, 0.25) is 0 Å². The van der Waals surface area contributed by atoms with Crippen molar-refractivity contribution in [1.29, 1.82) is 0 Å². The third-order valence-electron chi connectivity index (χ3n) is 8.86. The molecule has 5 aromatic rings. The molecule has 1 unspecified atom stereocenters. The fraction of sp³-hybridized carbons (Fsp3) is 0.394. The first kappa shape index (κ1) is 30.6. The van der Waals surface area contributed by atoms with E-state index in [1.54, 1.807) is 17.1 Å². The number of aromatic nitrogens is 7. The number of nitrogens with one attached hydrogen (secondary N) is 3. The number of hydrogen-bond acceptors (Lipinski definition) is 11. The highest BCUT2D eigenvalue weighted by Gasteiger charge is 2.27. The highest BCUT2D eigenvalue weighted by molar-refractivity contribution is 6.06. The van der Waals surface area contributed by atoms with E-state index in [1.807, 2.05) is 57.4 Å². The number of amides is 1. The van der Waals surface area contributed by atoms with Crippen LogP contribution in [-0.4, -0.2) is 109 Å². The van der Waals surface area contributed by atoms with Crippen molar-refractivity contribution in [3.8, 4) is 17.1 Å². The van der Waals surface area contributed by atoms with Crippen molar-refractivity contribution in [3.63, 3.8) is 0 Å². The summed E-state index contributed by atoms with van der Waals surface area (Å²) in [6.07, 6.45) is 6.27. The van der Waals surface area contributed by atoms with Gasteiger partial charge in [0.2, 0.25) is 23.7 Å². The zero-order valence-corrected chi connectivity index (χ0v) is 27.2. The van der Waals surface area contributed by atoms with Crippen LogP contribution in [0.4, 0.5) is 23.4 Å². The maximum Gasteiger partial charge on any atom is 0.238 e. The fourth-order valence-corrected chi connectivity index (χ4v) is 6.12. The van der Waals surface area contributed by atoms with Crippen LogP contribution < -0.4 is 20.3 Å². The molecule has 0 spiro atoms. The Labute approximate surface area is 273 Å². The van der Waals surface area contributed by atoms with Crippen LogP contribution in [0.25, 0.3) is 22.2 Å². The predicted molar refractivity (Wildman–Crippen MR) is 181 cm³/mol. The Bertz CT molecular complexity index is 1870. The number of hydrogen-bond donors (Lipinski definition) is 3. The first-order valence-electron chi connectivity index (χ1n) is 16.0. The van der Waals surface area contributed by atoms with Crippen molar-refractivity contribution in [3.05, 3.63) is 60.2 Å². The summed E-state index contributed by atoms with van der Waals surface area (Å²) < 4.78 is 8.03. The third-order valence-corrected chi connectivity index (χ3v) is 8.86. The van der Waals surface area contributed by atoms with E-state index in [0.717, 1.165) is 78.2 Å². The van der Waals surface area contributed by atoms with Crippen molar-refractivity contribution >= 4 is 40.2 Å². The lowest BCUT2D eigenvalue weighted by Gasteiger charge is -2.32. The SMILES string of the molecule is Cc1cnc(Nc2cc(C)n(C)n2)nc1-c1c[nH]c2c(NC(=O)CN3CCC(Oc4ccnc(N5CCN(C)CC5)n4)C3)cccc12. The predicted octanol–water partition coefficient (Wildman–Crippen LogP) is 3.35. The van der Waals surface area contributed by atoms with Crippen LogP contribution in [0.15, 0.2) is 48.9 Å². The topological polar surface area (TPSA) is 145 Å². The van der Waals surface area contributed by atoms with E-state index in [4.69, 9.17) is 9.72 Å². The normalized spacial score (nSPS) is 17.4. The molecule has 2 fully saturated rings. The van der Waals surface area contributed by atoms with Gasteiger partial charge in [-0.05, 0) is 38.9 Å². The lowest BCUT2D eigenvalue weighted by Crippen LogP contribution is -2.45. The number of carbonyl (C=O) groups excluding carboxylic acids is 1. The molecule has 4 aromatic heterocycles. The van der Waals surface area contributed by atoms with Gasteiger partial charge < -0.3 is 30.2 Å². The molecule has 2 aliphatic rings. The van der Waals surface area contributed by atoms with E-state index in [2.05, 4.69) is 57.4 Å². The average Bonchev–Trinajstić information content (AvgIpc) is 3.77. The van der Waals surface area contributed by atoms with Gasteiger partial charge in [-0.25, -0.2) is 15.0 Å². The fourth-order valence-electron chi connectivity index (χ4n) is 6.12. The Morgan fingerprint density at radius 1 is 1.06 bits per heavy atom. The maximum atomic E-state index is 13.2. The molecule has 47 heavy (non-hydrogen) atoms. The molecule has 0 aliphatic carbocycles. The zero-order chi connectivity index (χ0) is 32.5. The van der Waals surface area contributed by atoms with Crippen molar-refractivity contribution in [2.24, 2.45) is 7.05 Å². The molecule has 1 atom stereocenters. The summed E-state index contributed by atoms with van der Waals surface area (Å²) >= 11 is 0. The summed E-state index contributed by atoms with van der Waals surface area (Å²) in [5, 5.41) is 11.7. The number of para-hydroxylation sites is 1. The Kier molecular flexibility index (Phi) is 8.43. The standard InChI is InChI=1S/C33H40N12O2/c1-21-17-36-32(38-27-16-22(2)43(4)41-27)40-30(21)25-18-35-31-24(25)6-5-7-26(31)37-28(46)20-44-11-9-23(19-44)47-29-8-10-34-33(39-29)45-14-12-42(3)13-15-45/h5-8,10,16-18,23,35H,9,11-15,19-20H2,1-4H3,(H,37,46)(H,36,38,40,41). The molecule has 7 rings (SSSR count). The molecule has 6 heterocycles. The van der Waals surface area contributed by atoms with Gasteiger partial charge in [0.1, 0.15) is 6.10 Å². The van der Waals surface area contributed by atoms with Crippen molar-refractivity contribution in [2.75, 3.05) is 68.4 Å². The quantitative estimate of drug-likeness (QED) is 0.219. The van der Waals surface area contributed by atoms with Crippen LogP contribution in [0.5, 0.6) is 5.88 Å². The second kappa shape index (κ2) is 13.0. The molecule has 14 nitrogen and oxygen atoms in total. The Morgan fingerprint density at radius 3 is 2.72 bits per heavy atom. The van der Waals surface area contributed by atoms with Crippen LogP contribution >= 0.6 is 0 Å². The monoisotopic (exact) mass is 636 g/mol. The van der Waals surface area contributed by atoms with Crippen LogP contribution in [-0.2, 0) is 11.8 Å². The van der Waals surface area contributed by atoms with Gasteiger partial charge in [-0.3, -0.25) is 14.4 Å². The Hall–Kier alpha value is -5.08. The molecule has 2 saturated heterocycles. The maximum absolute atomic E-state index is 13.2. The molecule has 0 bridgehead atoms. The lowest BCUT2D eigenvalue weighted by atomic mass is 10.1. The van der Waals surface area contributed by atoms with Gasteiger partial charge in [-0.15, -0.1) is 0 Å². The van der Waals surface area contributed by atoms with Crippen molar-refractivity contribution in [1.82, 2.24) is 44.5 Å². The highest BCUT2D eigenvalue weighted by Crippen LogP contribution is 2.33. The second-order valence-electron chi connectivity index (χ2n) is 12.4. The summed E-state index contributed by atoms with van der Waals surface area (Å²) in [7, 11) is 4.02. The third kappa shape index (κ3) is 6.74. The minimum Gasteiger partial charge on any atom is -0.473 e. The first-order valence-corrected chi connectivity index (χ1v) is 16.0. The summed E-state index contributed by atoms with van der Waals surface area (Å²) in [5.41, 5.74) is 5.25. The number of likely N-dealkylation sites (N-methyl/N-ethyl adjacent to an activating group) is 1. The van der Waals surface area contributed by atoms with Crippen LogP contribution in [0.1, 0.15) is 17.7 Å². The highest BCUT2D eigenvalue weighted by atomic mass is 16.5. The molecule has 2 aliphatic heterocycles. The van der Waals surface area contributed by atoms with Gasteiger partial charge >= 0.3 is 0 Å². The number of fused-ring (bicyclic) bond motifs is 1. The smallest absolute Gasteiger partial charge is 0.238 e. The van der Waals surface area contributed by atoms with Gasteiger partial charge in [0.15, 0.2) is 5.82 Å². The number of nitrogens with zero attached hydrogens (tertiary/aromatic N) is 9. The molecule has 0 radical (unpaired) electrons. The Morgan fingerprint density at radius 2 is 1.91 bits per heavy atom. The summed E-state index contributed by atoms with van der Waals surface area (Å²) in [6, 6.07) is 9.63. The molecular formula is C33H40N12O2. The molecule has 1 amide bonds. The number of rotatable bonds is 9. The summed E-state index contributed by atoms with van der Waals surface area (Å²) in [4.78, 5) is 41.6. The van der Waals surface area contributed by atoms with E-state index >= 15 is 0 Å². The number of piperazine rings is 1. The van der Waals surface area contributed by atoms with E-state index in [1.165, 1.54) is 0 Å². The number of ether oxygens (including phenoxy) is 1. The molecular weight excluding hydrogens is 596 g/mol. The van der Waals surface area contributed by atoms with Gasteiger partial charge in [-0.2, -0.15) is 10.1 Å². The molecule has 244 valence electrons. The van der Waals surface area contributed by atoms with Gasteiger partial charge in [-0.1, -0.05) is 12.1 Å². The second-order valence-corrected chi connectivity index (χ2v) is 12.4. The molecule has 0 saturated carbocycles. The number of carbonyl (C=O) groups is 1. The minimum atomic E-state index is -0.0796. The van der Waals surface area contributed by atoms with Crippen molar-refractivity contribution in [2.45, 2.75) is 26.4 Å². The number of benzene rings is 1. The summed E-state index contributed by atoms with van der Waals surface area (Å²) in [6.45, 7) is 9.44. The van der Waals surface area contributed by atoms with Gasteiger partial charge in [0.05, 0.1) is 23.4 Å². The largest absolute Gasteiger partial charge is 0.473 e. The van der Waals surface area contributed by atoms with Crippen LogP contribution in [0, 0.1) is 13.8 Å². The van der Waals surface area contributed by atoms with Gasteiger partial charge in [0, 0.05) is 93.7 Å². The van der Waals surface area contributed by atoms with Gasteiger partial charge in [0.25, 0.3) is 0 Å². The molecule has 14 heteroatoms. The van der Waals surface area contributed by atoms with E-state index in [-0.39, 0.29) is 18.6 Å². The van der Waals surface area contributed by atoms with E-state index < -0.39 is 0 Å². The lowest BCUT2D eigenvalue weighted by molar-refractivity contribution is -0.117. The minimum absolute atomic E-state index is 0.0374. The zero-order valence-electron chi connectivity index (χ0n) is 27.2. The average molecular weight is 637 g/mol. The molecule has 3 N–H and O–H groups in total. The van der Waals surface area contributed by atoms with E-state index in [9.17, 15) is 4.79 Å². The number of aryl methyl sites for hydroxylation is 3. The first-order chi connectivity index (χ1) is 22.8. The Balaban J connectivity index is 0.982. The van der Waals surface area contributed by atoms with Crippen LogP contribution in [0.3, 0.4) is 0 Å². The van der Waals surface area contributed by atoms with Crippen molar-refractivity contribution < 1.29 is 9.53 Å². The number of aromatic amines is 1. The number of likely N-dealkylation sites (tertiary alicyclic amines) is 1. The van der Waals surface area contributed by atoms with E-state index in [0.29, 0.717) is 30.1 Å².